The van der Waals surface area contributed by atoms with Crippen molar-refractivity contribution in [2.24, 2.45) is 0 Å². The van der Waals surface area contributed by atoms with Crippen LogP contribution in [0, 0.1) is 20.2 Å². The van der Waals surface area contributed by atoms with E-state index in [1.165, 1.54) is 35.2 Å². The minimum Gasteiger partial charge on any atom is -0.497 e. The number of thioether (sulfide) groups is 1. The van der Waals surface area contributed by atoms with Crippen LogP contribution < -0.4 is 4.74 Å². The molecule has 0 aliphatic rings. The Hall–Kier alpha value is -3.05. The molecule has 3 aromatic rings. The smallest absolute Gasteiger partial charge is 0.276 e. The molecule has 9 nitrogen and oxygen atoms in total. The maximum Gasteiger partial charge on any atom is 0.276 e. The number of hydrogen-bond acceptors (Lipinski definition) is 9. The van der Waals surface area contributed by atoms with E-state index in [0.717, 1.165) is 11.6 Å². The zero-order valence-electron chi connectivity index (χ0n) is 13.9. The SMILES string of the molecule is COc1cccc(-c2nnc(SCc3cc([N+](=O)[O-])cc([N+](=O)[O-])c3)s2)c1. The molecule has 0 amide bonds. The van der Waals surface area contributed by atoms with Crippen molar-refractivity contribution in [3.63, 3.8) is 0 Å². The molecule has 138 valence electrons. The van der Waals surface area contributed by atoms with Gasteiger partial charge in [-0.25, -0.2) is 0 Å². The summed E-state index contributed by atoms with van der Waals surface area (Å²) in [6.45, 7) is 0. The molecule has 27 heavy (non-hydrogen) atoms. The van der Waals surface area contributed by atoms with Crippen molar-refractivity contribution in [1.82, 2.24) is 10.2 Å². The quantitative estimate of drug-likeness (QED) is 0.324. The van der Waals surface area contributed by atoms with Crippen LogP contribution in [0.3, 0.4) is 0 Å². The molecule has 0 saturated heterocycles. The van der Waals surface area contributed by atoms with Gasteiger partial charge < -0.3 is 4.74 Å². The molecule has 0 fully saturated rings. The summed E-state index contributed by atoms with van der Waals surface area (Å²) >= 11 is 2.67. The summed E-state index contributed by atoms with van der Waals surface area (Å²) in [6, 6.07) is 11.0. The van der Waals surface area contributed by atoms with Crippen molar-refractivity contribution >= 4 is 34.5 Å². The molecular weight excluding hydrogens is 392 g/mol. The maximum absolute atomic E-state index is 11.0. The van der Waals surface area contributed by atoms with Crippen molar-refractivity contribution in [2.45, 2.75) is 10.1 Å². The molecule has 0 radical (unpaired) electrons. The van der Waals surface area contributed by atoms with Gasteiger partial charge in [-0.05, 0) is 17.7 Å². The lowest BCUT2D eigenvalue weighted by Crippen LogP contribution is -1.95. The lowest BCUT2D eigenvalue weighted by Gasteiger charge is -2.01. The Labute approximate surface area is 161 Å². The minimum atomic E-state index is -0.646. The first-order valence-corrected chi connectivity index (χ1v) is 9.30. The predicted octanol–water partition coefficient (Wildman–Crippen LogP) is 4.32. The molecule has 1 heterocycles. The Bertz CT molecular complexity index is 976. The summed E-state index contributed by atoms with van der Waals surface area (Å²) < 4.78 is 5.85. The van der Waals surface area contributed by atoms with Crippen LogP contribution >= 0.6 is 23.1 Å². The van der Waals surface area contributed by atoms with E-state index in [4.69, 9.17) is 4.74 Å². The van der Waals surface area contributed by atoms with Gasteiger partial charge >= 0.3 is 0 Å². The summed E-state index contributed by atoms with van der Waals surface area (Å²) in [4.78, 5) is 20.6. The highest BCUT2D eigenvalue weighted by Gasteiger charge is 2.17. The molecule has 0 unspecified atom stereocenters. The average molecular weight is 404 g/mol. The number of non-ortho nitro benzene ring substituents is 2. The summed E-state index contributed by atoms with van der Waals surface area (Å²) in [6.07, 6.45) is 0. The van der Waals surface area contributed by atoms with Crippen molar-refractivity contribution < 1.29 is 14.6 Å². The number of rotatable bonds is 7. The number of benzene rings is 2. The molecule has 3 rings (SSSR count). The summed E-state index contributed by atoms with van der Waals surface area (Å²) in [5, 5.41) is 30.9. The molecule has 0 aliphatic heterocycles. The van der Waals surface area contributed by atoms with Crippen LogP contribution in [0.25, 0.3) is 10.6 Å². The van der Waals surface area contributed by atoms with E-state index in [1.807, 2.05) is 24.3 Å². The van der Waals surface area contributed by atoms with Gasteiger partial charge in [0.15, 0.2) is 4.34 Å². The van der Waals surface area contributed by atoms with Crippen LogP contribution in [0.5, 0.6) is 5.75 Å². The fraction of sp³-hybridized carbons (Fsp3) is 0.125. The van der Waals surface area contributed by atoms with Crippen LogP contribution in [-0.4, -0.2) is 27.2 Å². The minimum absolute atomic E-state index is 0.301. The molecule has 0 bridgehead atoms. The largest absolute Gasteiger partial charge is 0.497 e. The molecule has 0 atom stereocenters. The second kappa shape index (κ2) is 8.10. The van der Waals surface area contributed by atoms with Crippen LogP contribution in [0.4, 0.5) is 11.4 Å². The number of nitro groups is 2. The van der Waals surface area contributed by atoms with Gasteiger partial charge in [-0.15, -0.1) is 10.2 Å². The molecule has 1 aromatic heterocycles. The Morgan fingerprint density at radius 3 is 2.41 bits per heavy atom. The molecule has 0 aliphatic carbocycles. The Morgan fingerprint density at radius 2 is 1.78 bits per heavy atom. The standard InChI is InChI=1S/C16H12N4O5S2/c1-25-14-4-2-3-11(7-14)15-17-18-16(27-15)26-9-10-5-12(19(21)22)8-13(6-10)20(23)24/h2-8H,9H2,1H3. The predicted molar refractivity (Wildman–Crippen MR) is 101 cm³/mol. The number of methoxy groups -OCH3 is 1. The zero-order chi connectivity index (χ0) is 19.4. The fourth-order valence-corrected chi connectivity index (χ4v) is 4.01. The highest BCUT2D eigenvalue weighted by Crippen LogP contribution is 2.33. The molecule has 2 aromatic carbocycles. The Morgan fingerprint density at radius 1 is 1.07 bits per heavy atom. The van der Waals surface area contributed by atoms with Crippen LogP contribution in [0.1, 0.15) is 5.56 Å². The van der Waals surface area contributed by atoms with Crippen molar-refractivity contribution in [2.75, 3.05) is 7.11 Å². The summed E-state index contributed by atoms with van der Waals surface area (Å²) in [7, 11) is 1.58. The van der Waals surface area contributed by atoms with Crippen molar-refractivity contribution in [3.05, 3.63) is 68.3 Å². The third-order valence-electron chi connectivity index (χ3n) is 3.47. The van der Waals surface area contributed by atoms with Gasteiger partial charge in [-0.1, -0.05) is 35.2 Å². The van der Waals surface area contributed by atoms with Crippen LogP contribution in [-0.2, 0) is 5.75 Å². The number of nitro benzene ring substituents is 2. The Kier molecular flexibility index (Phi) is 5.62. The van der Waals surface area contributed by atoms with Gasteiger partial charge in [-0.2, -0.15) is 0 Å². The average Bonchev–Trinajstić information content (AvgIpc) is 3.15. The van der Waals surface area contributed by atoms with Gasteiger partial charge in [0.2, 0.25) is 0 Å². The molecule has 0 spiro atoms. The third-order valence-corrected chi connectivity index (χ3v) is 5.65. The van der Waals surface area contributed by atoms with Gasteiger partial charge in [0.25, 0.3) is 11.4 Å². The van der Waals surface area contributed by atoms with Crippen molar-refractivity contribution in [3.8, 4) is 16.3 Å². The highest BCUT2D eigenvalue weighted by atomic mass is 32.2. The number of ether oxygens (including phenoxy) is 1. The topological polar surface area (TPSA) is 121 Å². The third kappa shape index (κ3) is 4.57. The monoisotopic (exact) mass is 404 g/mol. The lowest BCUT2D eigenvalue weighted by atomic mass is 10.2. The van der Waals surface area contributed by atoms with Crippen LogP contribution in [0.15, 0.2) is 46.8 Å². The number of nitrogens with zero attached hydrogens (tertiary/aromatic N) is 4. The molecule has 0 saturated carbocycles. The van der Waals surface area contributed by atoms with Gasteiger partial charge in [0.05, 0.1) is 23.0 Å². The zero-order valence-corrected chi connectivity index (χ0v) is 15.5. The van der Waals surface area contributed by atoms with E-state index in [-0.39, 0.29) is 11.4 Å². The highest BCUT2D eigenvalue weighted by molar-refractivity contribution is 8.00. The van der Waals surface area contributed by atoms with Crippen molar-refractivity contribution in [1.29, 1.82) is 0 Å². The second-order valence-corrected chi connectivity index (χ2v) is 7.47. The summed E-state index contributed by atoms with van der Waals surface area (Å²) in [5.41, 5.74) is 0.715. The first-order chi connectivity index (χ1) is 13.0. The van der Waals surface area contributed by atoms with Gasteiger partial charge in [0, 0.05) is 23.4 Å². The lowest BCUT2D eigenvalue weighted by molar-refractivity contribution is -0.394. The van der Waals surface area contributed by atoms with Gasteiger partial charge in [-0.3, -0.25) is 20.2 Å². The van der Waals surface area contributed by atoms with E-state index in [9.17, 15) is 20.2 Å². The van der Waals surface area contributed by atoms with E-state index < -0.39 is 9.85 Å². The second-order valence-electron chi connectivity index (χ2n) is 5.27. The van der Waals surface area contributed by atoms with Crippen LogP contribution in [0.2, 0.25) is 0 Å². The normalized spacial score (nSPS) is 10.6. The molecule has 11 heteroatoms. The number of aromatic nitrogens is 2. The van der Waals surface area contributed by atoms with E-state index >= 15 is 0 Å². The van der Waals surface area contributed by atoms with E-state index in [1.54, 1.807) is 7.11 Å². The number of hydrogen-bond donors (Lipinski definition) is 0. The Balaban J connectivity index is 1.77. The maximum atomic E-state index is 11.0. The van der Waals surface area contributed by atoms with E-state index in [0.29, 0.717) is 26.4 Å². The van der Waals surface area contributed by atoms with Gasteiger partial charge in [0.1, 0.15) is 10.8 Å². The molecule has 0 N–H and O–H groups in total. The summed E-state index contributed by atoms with van der Waals surface area (Å²) in [5.74, 6) is 1.01. The van der Waals surface area contributed by atoms with E-state index in [2.05, 4.69) is 10.2 Å². The first kappa shape index (κ1) is 18.7. The first-order valence-electron chi connectivity index (χ1n) is 7.50. The fourth-order valence-electron chi connectivity index (χ4n) is 2.24. The molecular formula is C16H12N4O5S2.